The Labute approximate surface area is 164 Å². The first-order valence-electron chi connectivity index (χ1n) is 9.15. The Balaban J connectivity index is 1.53. The standard InChI is InChI=1S/C22H24N2O2S/c1-3-26-20-11-9-18(10-12-20)22-24-19(15-27-22)13-21(25)23-14-16(2)17-7-5-4-6-8-17/h4-12,15-16H,3,13-14H2,1-2H3,(H,23,25). The molecular weight excluding hydrogens is 356 g/mol. The molecule has 0 aliphatic heterocycles. The van der Waals surface area contributed by atoms with Gasteiger partial charge in [-0.1, -0.05) is 37.3 Å². The third-order valence-electron chi connectivity index (χ3n) is 4.28. The molecule has 140 valence electrons. The first kappa shape index (κ1) is 19.1. The maximum Gasteiger partial charge on any atom is 0.226 e. The van der Waals surface area contributed by atoms with E-state index in [4.69, 9.17) is 4.74 Å². The van der Waals surface area contributed by atoms with Crippen LogP contribution in [0.15, 0.2) is 60.0 Å². The van der Waals surface area contributed by atoms with Crippen molar-refractivity contribution in [3.05, 3.63) is 71.2 Å². The van der Waals surface area contributed by atoms with Crippen molar-refractivity contribution in [1.29, 1.82) is 0 Å². The number of carbonyl (C=O) groups excluding carboxylic acids is 1. The molecule has 1 heterocycles. The molecule has 0 saturated carbocycles. The van der Waals surface area contributed by atoms with Crippen LogP contribution in [0.2, 0.25) is 0 Å². The molecule has 1 unspecified atom stereocenters. The fourth-order valence-electron chi connectivity index (χ4n) is 2.77. The van der Waals surface area contributed by atoms with Gasteiger partial charge in [0, 0.05) is 17.5 Å². The van der Waals surface area contributed by atoms with Crippen LogP contribution in [-0.2, 0) is 11.2 Å². The molecule has 0 spiro atoms. The smallest absolute Gasteiger partial charge is 0.226 e. The topological polar surface area (TPSA) is 51.2 Å². The number of rotatable bonds is 8. The second-order valence-electron chi connectivity index (χ2n) is 6.39. The van der Waals surface area contributed by atoms with Gasteiger partial charge in [-0.25, -0.2) is 4.98 Å². The fraction of sp³-hybridized carbons (Fsp3) is 0.273. The minimum absolute atomic E-state index is 0.00123. The molecule has 27 heavy (non-hydrogen) atoms. The van der Waals surface area contributed by atoms with Crippen LogP contribution < -0.4 is 10.1 Å². The minimum atomic E-state index is 0.00123. The number of nitrogens with one attached hydrogen (secondary N) is 1. The van der Waals surface area contributed by atoms with Crippen LogP contribution >= 0.6 is 11.3 Å². The average molecular weight is 381 g/mol. The van der Waals surface area contributed by atoms with Gasteiger partial charge in [0.15, 0.2) is 0 Å². The van der Waals surface area contributed by atoms with E-state index in [2.05, 4.69) is 29.4 Å². The molecule has 0 radical (unpaired) electrons. The van der Waals surface area contributed by atoms with E-state index in [0.29, 0.717) is 19.6 Å². The van der Waals surface area contributed by atoms with Crippen LogP contribution in [0, 0.1) is 0 Å². The first-order chi connectivity index (χ1) is 13.2. The molecule has 5 heteroatoms. The highest BCUT2D eigenvalue weighted by Gasteiger charge is 2.11. The predicted molar refractivity (Wildman–Crippen MR) is 110 cm³/mol. The van der Waals surface area contributed by atoms with Gasteiger partial charge in [0.2, 0.25) is 5.91 Å². The predicted octanol–water partition coefficient (Wildman–Crippen LogP) is 4.67. The van der Waals surface area contributed by atoms with Gasteiger partial charge in [0.25, 0.3) is 0 Å². The molecule has 0 aliphatic rings. The van der Waals surface area contributed by atoms with E-state index in [1.165, 1.54) is 5.56 Å². The quantitative estimate of drug-likeness (QED) is 0.618. The monoisotopic (exact) mass is 380 g/mol. The number of benzene rings is 2. The Bertz CT molecular complexity index is 860. The number of amides is 1. The van der Waals surface area contributed by atoms with E-state index in [1.54, 1.807) is 11.3 Å². The summed E-state index contributed by atoms with van der Waals surface area (Å²) in [7, 11) is 0. The Hall–Kier alpha value is -2.66. The molecule has 0 bridgehead atoms. The summed E-state index contributed by atoms with van der Waals surface area (Å²) in [5, 5.41) is 5.87. The lowest BCUT2D eigenvalue weighted by Crippen LogP contribution is -2.28. The Morgan fingerprint density at radius 2 is 1.89 bits per heavy atom. The van der Waals surface area contributed by atoms with Crippen LogP contribution in [0.5, 0.6) is 5.75 Å². The zero-order valence-corrected chi connectivity index (χ0v) is 16.5. The van der Waals surface area contributed by atoms with Gasteiger partial charge in [-0.2, -0.15) is 0 Å². The van der Waals surface area contributed by atoms with Gasteiger partial charge in [-0.05, 0) is 42.7 Å². The summed E-state index contributed by atoms with van der Waals surface area (Å²) in [6.45, 7) is 5.35. The normalized spacial score (nSPS) is 11.8. The van der Waals surface area contributed by atoms with Gasteiger partial charge >= 0.3 is 0 Å². The summed E-state index contributed by atoms with van der Waals surface area (Å²) in [4.78, 5) is 16.8. The van der Waals surface area contributed by atoms with Crippen molar-refractivity contribution in [1.82, 2.24) is 10.3 Å². The molecule has 0 saturated heterocycles. The highest BCUT2D eigenvalue weighted by molar-refractivity contribution is 7.13. The zero-order chi connectivity index (χ0) is 19.1. The maximum absolute atomic E-state index is 12.2. The van der Waals surface area contributed by atoms with Crippen molar-refractivity contribution < 1.29 is 9.53 Å². The van der Waals surface area contributed by atoms with Crippen LogP contribution in [0.3, 0.4) is 0 Å². The van der Waals surface area contributed by atoms with E-state index >= 15 is 0 Å². The first-order valence-corrected chi connectivity index (χ1v) is 10.0. The molecule has 0 fully saturated rings. The highest BCUT2D eigenvalue weighted by Crippen LogP contribution is 2.26. The van der Waals surface area contributed by atoms with Gasteiger partial charge in [-0.15, -0.1) is 11.3 Å². The van der Waals surface area contributed by atoms with E-state index in [9.17, 15) is 4.79 Å². The molecule has 1 atom stereocenters. The second-order valence-corrected chi connectivity index (χ2v) is 7.25. The summed E-state index contributed by atoms with van der Waals surface area (Å²) in [6.07, 6.45) is 0.301. The second kappa shape index (κ2) is 9.33. The zero-order valence-electron chi connectivity index (χ0n) is 15.6. The number of carbonyl (C=O) groups is 1. The highest BCUT2D eigenvalue weighted by atomic mass is 32.1. The SMILES string of the molecule is CCOc1ccc(-c2nc(CC(=O)NCC(C)c3ccccc3)cs2)cc1. The third-order valence-corrected chi connectivity index (χ3v) is 5.22. The van der Waals surface area contributed by atoms with E-state index in [-0.39, 0.29) is 11.8 Å². The average Bonchev–Trinajstić information content (AvgIpc) is 3.16. The Morgan fingerprint density at radius 3 is 2.59 bits per heavy atom. The number of nitrogens with zero attached hydrogens (tertiary/aromatic N) is 1. The van der Waals surface area contributed by atoms with Crippen molar-refractivity contribution in [3.8, 4) is 16.3 Å². The molecular formula is C22H24N2O2S. The molecule has 2 aromatic carbocycles. The van der Waals surface area contributed by atoms with Crippen molar-refractivity contribution >= 4 is 17.2 Å². The summed E-state index contributed by atoms with van der Waals surface area (Å²) in [5.41, 5.74) is 3.06. The number of hydrogen-bond donors (Lipinski definition) is 1. The maximum atomic E-state index is 12.2. The number of aromatic nitrogens is 1. The minimum Gasteiger partial charge on any atom is -0.494 e. The van der Waals surface area contributed by atoms with E-state index in [0.717, 1.165) is 22.0 Å². The van der Waals surface area contributed by atoms with Gasteiger partial charge in [0.1, 0.15) is 10.8 Å². The molecule has 3 aromatic rings. The fourth-order valence-corrected chi connectivity index (χ4v) is 3.60. The molecule has 0 aliphatic carbocycles. The van der Waals surface area contributed by atoms with Crippen molar-refractivity contribution in [2.45, 2.75) is 26.2 Å². The van der Waals surface area contributed by atoms with E-state index in [1.807, 2.05) is 54.8 Å². The number of hydrogen-bond acceptors (Lipinski definition) is 4. The van der Waals surface area contributed by atoms with Crippen LogP contribution in [0.25, 0.3) is 10.6 Å². The summed E-state index contributed by atoms with van der Waals surface area (Å²) in [5.74, 6) is 1.14. The lowest BCUT2D eigenvalue weighted by atomic mass is 10.0. The Morgan fingerprint density at radius 1 is 1.15 bits per heavy atom. The molecule has 1 aromatic heterocycles. The van der Waals surface area contributed by atoms with Crippen LogP contribution in [-0.4, -0.2) is 24.0 Å². The summed E-state index contributed by atoms with van der Waals surface area (Å²) < 4.78 is 5.46. The lowest BCUT2D eigenvalue weighted by molar-refractivity contribution is -0.120. The van der Waals surface area contributed by atoms with Crippen LogP contribution in [0.4, 0.5) is 0 Å². The van der Waals surface area contributed by atoms with Crippen molar-refractivity contribution in [2.75, 3.05) is 13.2 Å². The largest absolute Gasteiger partial charge is 0.494 e. The summed E-state index contributed by atoms with van der Waals surface area (Å²) >= 11 is 1.55. The lowest BCUT2D eigenvalue weighted by Gasteiger charge is -2.12. The molecule has 1 amide bonds. The molecule has 4 nitrogen and oxygen atoms in total. The summed E-state index contributed by atoms with van der Waals surface area (Å²) in [6, 6.07) is 18.1. The Kier molecular flexibility index (Phi) is 6.60. The number of thiazole rings is 1. The van der Waals surface area contributed by atoms with E-state index < -0.39 is 0 Å². The molecule has 1 N–H and O–H groups in total. The number of ether oxygens (including phenoxy) is 1. The van der Waals surface area contributed by atoms with Gasteiger partial charge in [-0.3, -0.25) is 4.79 Å². The molecule has 3 rings (SSSR count). The van der Waals surface area contributed by atoms with Gasteiger partial charge < -0.3 is 10.1 Å². The third kappa shape index (κ3) is 5.41. The van der Waals surface area contributed by atoms with Gasteiger partial charge in [0.05, 0.1) is 18.7 Å². The van der Waals surface area contributed by atoms with Crippen molar-refractivity contribution in [3.63, 3.8) is 0 Å². The van der Waals surface area contributed by atoms with Crippen molar-refractivity contribution in [2.24, 2.45) is 0 Å². The van der Waals surface area contributed by atoms with Crippen LogP contribution in [0.1, 0.15) is 31.0 Å².